The second kappa shape index (κ2) is 9.02. The van der Waals surface area contributed by atoms with Gasteiger partial charge in [0.1, 0.15) is 11.6 Å². The minimum Gasteiger partial charge on any atom is -0.381 e. The van der Waals surface area contributed by atoms with Crippen LogP contribution in [-0.4, -0.2) is 47.3 Å². The van der Waals surface area contributed by atoms with E-state index in [0.717, 1.165) is 72.9 Å². The molecule has 0 saturated carbocycles. The summed E-state index contributed by atoms with van der Waals surface area (Å²) in [6.45, 7) is 5.83. The molecule has 0 unspecified atom stereocenters. The molecule has 31 heavy (non-hydrogen) atoms. The monoisotopic (exact) mass is 415 g/mol. The maximum Gasteiger partial charge on any atom is 0.156 e. The van der Waals surface area contributed by atoms with Gasteiger partial charge < -0.3 is 15.0 Å². The standard InChI is InChI=1S/C25H29N5O/c1-18-16-19-6-2-3-7-22(19)27-21(18)8-9-23-28-24(26-20-10-14-31-15-11-20)17-25(29-23)30-12-4-5-13-30/h2-3,6-9,16-17,20H,4-5,10-15H2,1H3,(H,26,28,29)/b9-8+. The van der Waals surface area contributed by atoms with E-state index < -0.39 is 0 Å². The van der Waals surface area contributed by atoms with E-state index in [1.807, 2.05) is 30.4 Å². The normalized spacial score (nSPS) is 17.6. The number of fused-ring (bicyclic) bond motifs is 1. The van der Waals surface area contributed by atoms with E-state index in [1.54, 1.807) is 0 Å². The number of ether oxygens (including phenoxy) is 1. The zero-order chi connectivity index (χ0) is 21.0. The van der Waals surface area contributed by atoms with E-state index >= 15 is 0 Å². The van der Waals surface area contributed by atoms with Crippen molar-refractivity contribution in [3.05, 3.63) is 53.5 Å². The highest BCUT2D eigenvalue weighted by Gasteiger charge is 2.18. The molecule has 5 rings (SSSR count). The van der Waals surface area contributed by atoms with Crippen molar-refractivity contribution < 1.29 is 4.74 Å². The molecule has 2 saturated heterocycles. The van der Waals surface area contributed by atoms with Crippen LogP contribution in [0.25, 0.3) is 23.1 Å². The molecular formula is C25H29N5O. The van der Waals surface area contributed by atoms with Crippen LogP contribution >= 0.6 is 0 Å². The number of pyridine rings is 1. The largest absolute Gasteiger partial charge is 0.381 e. The summed E-state index contributed by atoms with van der Waals surface area (Å²) < 4.78 is 5.50. The Bertz CT molecular complexity index is 1080. The van der Waals surface area contributed by atoms with Crippen LogP contribution in [0.3, 0.4) is 0 Å². The number of benzene rings is 1. The second-order valence-electron chi connectivity index (χ2n) is 8.41. The number of aryl methyl sites for hydroxylation is 1. The lowest BCUT2D eigenvalue weighted by atomic mass is 10.1. The van der Waals surface area contributed by atoms with E-state index in [1.165, 1.54) is 12.8 Å². The minimum atomic E-state index is 0.399. The van der Waals surface area contributed by atoms with Crippen LogP contribution in [0.15, 0.2) is 36.4 Å². The Kier molecular flexibility index (Phi) is 5.80. The molecule has 0 spiro atoms. The first-order valence-electron chi connectivity index (χ1n) is 11.3. The van der Waals surface area contributed by atoms with Crippen LogP contribution in [0.1, 0.15) is 42.8 Å². The number of para-hydroxylation sites is 1. The maximum absolute atomic E-state index is 5.50. The zero-order valence-electron chi connectivity index (χ0n) is 18.1. The van der Waals surface area contributed by atoms with Gasteiger partial charge in [0.2, 0.25) is 0 Å². The van der Waals surface area contributed by atoms with Crippen LogP contribution in [0.5, 0.6) is 0 Å². The van der Waals surface area contributed by atoms with Gasteiger partial charge in [0.15, 0.2) is 5.82 Å². The average molecular weight is 416 g/mol. The highest BCUT2D eigenvalue weighted by atomic mass is 16.5. The van der Waals surface area contributed by atoms with Gasteiger partial charge in [-0.05, 0) is 62.5 Å². The molecule has 0 aliphatic carbocycles. The zero-order valence-corrected chi connectivity index (χ0v) is 18.1. The topological polar surface area (TPSA) is 63.2 Å². The Morgan fingerprint density at radius 2 is 1.81 bits per heavy atom. The van der Waals surface area contributed by atoms with Crippen molar-refractivity contribution in [1.82, 2.24) is 15.0 Å². The lowest BCUT2D eigenvalue weighted by Crippen LogP contribution is -2.28. The minimum absolute atomic E-state index is 0.399. The molecule has 4 heterocycles. The SMILES string of the molecule is Cc1cc2ccccc2nc1/C=C/c1nc(NC2CCOCC2)cc(N2CCCC2)n1. The predicted octanol–water partition coefficient (Wildman–Crippen LogP) is 4.69. The third kappa shape index (κ3) is 4.69. The van der Waals surface area contributed by atoms with Crippen molar-refractivity contribution in [2.45, 2.75) is 38.6 Å². The number of hydrogen-bond acceptors (Lipinski definition) is 6. The fourth-order valence-electron chi connectivity index (χ4n) is 4.32. The summed E-state index contributed by atoms with van der Waals surface area (Å²) >= 11 is 0. The molecule has 2 aliphatic rings. The molecule has 1 aromatic carbocycles. The summed E-state index contributed by atoms with van der Waals surface area (Å²) in [7, 11) is 0. The van der Waals surface area contributed by atoms with Crippen LogP contribution in [-0.2, 0) is 4.74 Å². The summed E-state index contributed by atoms with van der Waals surface area (Å²) in [4.78, 5) is 16.8. The molecule has 160 valence electrons. The van der Waals surface area contributed by atoms with Gasteiger partial charge in [-0.2, -0.15) is 0 Å². The van der Waals surface area contributed by atoms with Gasteiger partial charge in [0, 0.05) is 43.8 Å². The van der Waals surface area contributed by atoms with Gasteiger partial charge in [-0.15, -0.1) is 0 Å². The predicted molar refractivity (Wildman–Crippen MR) is 126 cm³/mol. The fraction of sp³-hybridized carbons (Fsp3) is 0.400. The van der Waals surface area contributed by atoms with Crippen molar-refractivity contribution in [3.8, 4) is 0 Å². The number of nitrogens with zero attached hydrogens (tertiary/aromatic N) is 4. The molecule has 2 fully saturated rings. The highest BCUT2D eigenvalue weighted by molar-refractivity contribution is 5.82. The van der Waals surface area contributed by atoms with Gasteiger partial charge in [-0.25, -0.2) is 15.0 Å². The molecule has 6 heteroatoms. The number of nitrogens with one attached hydrogen (secondary N) is 1. The number of anilines is 2. The summed E-state index contributed by atoms with van der Waals surface area (Å²) in [5.74, 6) is 2.62. The smallest absolute Gasteiger partial charge is 0.156 e. The van der Waals surface area contributed by atoms with Crippen molar-refractivity contribution in [2.24, 2.45) is 0 Å². The van der Waals surface area contributed by atoms with Crippen LogP contribution < -0.4 is 10.2 Å². The third-order valence-electron chi connectivity index (χ3n) is 6.08. The molecule has 0 atom stereocenters. The Morgan fingerprint density at radius 1 is 1.00 bits per heavy atom. The number of hydrogen-bond donors (Lipinski definition) is 1. The Labute approximate surface area is 183 Å². The van der Waals surface area contributed by atoms with Crippen LogP contribution in [0.4, 0.5) is 11.6 Å². The molecule has 1 N–H and O–H groups in total. The molecule has 2 aliphatic heterocycles. The molecule has 0 amide bonds. The lowest BCUT2D eigenvalue weighted by molar-refractivity contribution is 0.0904. The van der Waals surface area contributed by atoms with E-state index in [0.29, 0.717) is 11.9 Å². The molecule has 0 bridgehead atoms. The van der Waals surface area contributed by atoms with Gasteiger partial charge in [-0.1, -0.05) is 18.2 Å². The average Bonchev–Trinajstić information content (AvgIpc) is 3.33. The van der Waals surface area contributed by atoms with Gasteiger partial charge in [0.05, 0.1) is 11.2 Å². The van der Waals surface area contributed by atoms with E-state index in [4.69, 9.17) is 19.7 Å². The number of rotatable bonds is 5. The molecule has 2 aromatic heterocycles. The fourth-order valence-corrected chi connectivity index (χ4v) is 4.32. The van der Waals surface area contributed by atoms with Gasteiger partial charge in [0.25, 0.3) is 0 Å². The van der Waals surface area contributed by atoms with Crippen LogP contribution in [0.2, 0.25) is 0 Å². The Hall–Kier alpha value is -2.99. The first kappa shape index (κ1) is 19.9. The van der Waals surface area contributed by atoms with Crippen molar-refractivity contribution in [3.63, 3.8) is 0 Å². The highest BCUT2D eigenvalue weighted by Crippen LogP contribution is 2.24. The quantitative estimate of drug-likeness (QED) is 0.652. The maximum atomic E-state index is 5.50. The van der Waals surface area contributed by atoms with Crippen molar-refractivity contribution >= 4 is 34.7 Å². The van der Waals surface area contributed by atoms with Gasteiger partial charge >= 0.3 is 0 Å². The second-order valence-corrected chi connectivity index (χ2v) is 8.41. The molecule has 3 aromatic rings. The van der Waals surface area contributed by atoms with Gasteiger partial charge in [-0.3, -0.25) is 0 Å². The molecule has 6 nitrogen and oxygen atoms in total. The van der Waals surface area contributed by atoms with E-state index in [9.17, 15) is 0 Å². The van der Waals surface area contributed by atoms with Crippen molar-refractivity contribution in [2.75, 3.05) is 36.5 Å². The third-order valence-corrected chi connectivity index (χ3v) is 6.08. The Morgan fingerprint density at radius 3 is 2.65 bits per heavy atom. The number of aromatic nitrogens is 3. The summed E-state index contributed by atoms with van der Waals surface area (Å²) in [6, 6.07) is 12.9. The molecular weight excluding hydrogens is 386 g/mol. The van der Waals surface area contributed by atoms with E-state index in [2.05, 4.69) is 35.3 Å². The molecule has 0 radical (unpaired) electrons. The Balaban J connectivity index is 1.44. The first-order valence-corrected chi connectivity index (χ1v) is 11.3. The lowest BCUT2D eigenvalue weighted by Gasteiger charge is -2.24. The first-order chi connectivity index (χ1) is 15.2. The van der Waals surface area contributed by atoms with Crippen LogP contribution in [0, 0.1) is 6.92 Å². The summed E-state index contributed by atoms with van der Waals surface area (Å²) in [5.41, 5.74) is 3.10. The van der Waals surface area contributed by atoms with Crippen molar-refractivity contribution in [1.29, 1.82) is 0 Å². The summed E-state index contributed by atoms with van der Waals surface area (Å²) in [5, 5.41) is 4.77. The summed E-state index contributed by atoms with van der Waals surface area (Å²) in [6.07, 6.45) is 8.47. The van der Waals surface area contributed by atoms with E-state index in [-0.39, 0.29) is 0 Å².